The SMILES string of the molecule is COc1cc(NC(C)CCCNC(C)CCCNC(C)CCCN)c2ncccc2c1.Cl. The standard InChI is InChI=1S/C25H43N5O.ClH/c1-19(9-5-13-26)27-14-6-10-20(2)28-15-7-11-21(3)30-24-18-23(31-4)17-22-12-8-16-29-25(22)24;/h8,12,16-21,27-28,30H,5-7,9-11,13-15,26H2,1-4H3;1H. The van der Waals surface area contributed by atoms with Gasteiger partial charge in [-0.3, -0.25) is 4.98 Å². The zero-order valence-corrected chi connectivity index (χ0v) is 21.1. The molecule has 2 aromatic rings. The smallest absolute Gasteiger partial charge is 0.121 e. The van der Waals surface area contributed by atoms with Gasteiger partial charge in [0.1, 0.15) is 5.75 Å². The lowest BCUT2D eigenvalue weighted by atomic mass is 10.1. The Morgan fingerprint density at radius 2 is 1.56 bits per heavy atom. The van der Waals surface area contributed by atoms with E-state index in [-0.39, 0.29) is 12.4 Å². The third kappa shape index (κ3) is 10.3. The Balaban J connectivity index is 0.00000512. The third-order valence-electron chi connectivity index (χ3n) is 5.77. The number of fused-ring (bicyclic) bond motifs is 1. The van der Waals surface area contributed by atoms with E-state index in [4.69, 9.17) is 10.5 Å². The maximum Gasteiger partial charge on any atom is 0.121 e. The van der Waals surface area contributed by atoms with Crippen LogP contribution in [0.3, 0.4) is 0 Å². The Morgan fingerprint density at radius 3 is 2.19 bits per heavy atom. The van der Waals surface area contributed by atoms with Crippen molar-refractivity contribution in [3.05, 3.63) is 30.5 Å². The van der Waals surface area contributed by atoms with Crippen molar-refractivity contribution >= 4 is 29.0 Å². The Morgan fingerprint density at radius 1 is 0.938 bits per heavy atom. The summed E-state index contributed by atoms with van der Waals surface area (Å²) in [7, 11) is 1.70. The lowest BCUT2D eigenvalue weighted by Crippen LogP contribution is -2.31. The predicted octanol–water partition coefficient (Wildman–Crippen LogP) is 4.72. The van der Waals surface area contributed by atoms with E-state index < -0.39 is 0 Å². The van der Waals surface area contributed by atoms with Crippen molar-refractivity contribution in [1.29, 1.82) is 0 Å². The van der Waals surface area contributed by atoms with Crippen LogP contribution < -0.4 is 26.4 Å². The first-order valence-corrected chi connectivity index (χ1v) is 11.9. The summed E-state index contributed by atoms with van der Waals surface area (Å²) >= 11 is 0. The van der Waals surface area contributed by atoms with Crippen molar-refractivity contribution in [2.75, 3.05) is 32.1 Å². The van der Waals surface area contributed by atoms with Crippen LogP contribution in [0, 0.1) is 0 Å². The second kappa shape index (κ2) is 16.1. The molecule has 3 unspecified atom stereocenters. The molecule has 1 aromatic carbocycles. The van der Waals surface area contributed by atoms with Gasteiger partial charge in [0, 0.05) is 35.8 Å². The number of benzene rings is 1. The number of hydrogen-bond acceptors (Lipinski definition) is 6. The Bertz CT molecular complexity index is 760. The number of anilines is 1. The molecule has 0 aliphatic carbocycles. The van der Waals surface area contributed by atoms with Gasteiger partial charge in [0.25, 0.3) is 0 Å². The quantitative estimate of drug-likeness (QED) is 0.268. The number of halogens is 1. The monoisotopic (exact) mass is 465 g/mol. The molecule has 0 amide bonds. The summed E-state index contributed by atoms with van der Waals surface area (Å²) in [6, 6.07) is 9.59. The van der Waals surface area contributed by atoms with E-state index in [1.54, 1.807) is 7.11 Å². The van der Waals surface area contributed by atoms with Crippen LogP contribution in [0.25, 0.3) is 10.9 Å². The molecule has 0 bridgehead atoms. The molecule has 0 spiro atoms. The number of nitrogens with two attached hydrogens (primary N) is 1. The first-order chi connectivity index (χ1) is 15.0. The fourth-order valence-electron chi connectivity index (χ4n) is 3.87. The van der Waals surface area contributed by atoms with Gasteiger partial charge in [-0.15, -0.1) is 12.4 Å². The summed E-state index contributed by atoms with van der Waals surface area (Å²) in [5, 5.41) is 12.0. The number of pyridine rings is 1. The van der Waals surface area contributed by atoms with Gasteiger partial charge in [0.15, 0.2) is 0 Å². The molecule has 0 radical (unpaired) electrons. The van der Waals surface area contributed by atoms with E-state index in [9.17, 15) is 0 Å². The molecule has 6 nitrogen and oxygen atoms in total. The Labute approximate surface area is 200 Å². The molecule has 7 heteroatoms. The van der Waals surface area contributed by atoms with E-state index in [0.29, 0.717) is 18.1 Å². The predicted molar refractivity (Wildman–Crippen MR) is 140 cm³/mol. The number of hydrogen-bond donors (Lipinski definition) is 4. The first-order valence-electron chi connectivity index (χ1n) is 11.9. The van der Waals surface area contributed by atoms with E-state index in [1.807, 2.05) is 24.4 Å². The summed E-state index contributed by atoms with van der Waals surface area (Å²) in [6.07, 6.45) is 8.75. The molecular formula is C25H44ClN5O. The van der Waals surface area contributed by atoms with Crippen molar-refractivity contribution < 1.29 is 4.74 Å². The molecular weight excluding hydrogens is 422 g/mol. The highest BCUT2D eigenvalue weighted by atomic mass is 35.5. The van der Waals surface area contributed by atoms with Crippen LogP contribution in [0.2, 0.25) is 0 Å². The molecule has 182 valence electrons. The van der Waals surface area contributed by atoms with Crippen LogP contribution in [0.5, 0.6) is 5.75 Å². The van der Waals surface area contributed by atoms with Crippen molar-refractivity contribution in [2.45, 2.75) is 77.4 Å². The highest BCUT2D eigenvalue weighted by Crippen LogP contribution is 2.28. The van der Waals surface area contributed by atoms with Gasteiger partial charge in [-0.2, -0.15) is 0 Å². The van der Waals surface area contributed by atoms with Crippen LogP contribution in [-0.2, 0) is 0 Å². The minimum absolute atomic E-state index is 0. The molecule has 1 aromatic heterocycles. The molecule has 0 saturated heterocycles. The Hall–Kier alpha value is -1.60. The van der Waals surface area contributed by atoms with E-state index >= 15 is 0 Å². The van der Waals surface area contributed by atoms with E-state index in [2.05, 4.69) is 47.8 Å². The van der Waals surface area contributed by atoms with Gasteiger partial charge in [-0.05, 0) is 91.1 Å². The van der Waals surface area contributed by atoms with Crippen molar-refractivity contribution in [1.82, 2.24) is 15.6 Å². The number of aromatic nitrogens is 1. The second-order valence-electron chi connectivity index (χ2n) is 8.72. The molecule has 5 N–H and O–H groups in total. The number of ether oxygens (including phenoxy) is 1. The highest BCUT2D eigenvalue weighted by molar-refractivity contribution is 5.91. The summed E-state index contributed by atoms with van der Waals surface area (Å²) in [6.45, 7) is 9.68. The topological polar surface area (TPSA) is 84.2 Å². The molecule has 0 aliphatic heterocycles. The minimum Gasteiger partial charge on any atom is -0.497 e. The largest absolute Gasteiger partial charge is 0.497 e. The molecule has 3 atom stereocenters. The number of nitrogens with zero attached hydrogens (tertiary/aromatic N) is 1. The number of methoxy groups -OCH3 is 1. The van der Waals surface area contributed by atoms with Crippen molar-refractivity contribution in [3.8, 4) is 5.75 Å². The zero-order chi connectivity index (χ0) is 22.5. The van der Waals surface area contributed by atoms with Gasteiger partial charge in [0.05, 0.1) is 18.3 Å². The lowest BCUT2D eigenvalue weighted by Gasteiger charge is -2.19. The average Bonchev–Trinajstić information content (AvgIpc) is 2.78. The van der Waals surface area contributed by atoms with Crippen LogP contribution in [-0.4, -0.2) is 49.9 Å². The van der Waals surface area contributed by atoms with Gasteiger partial charge < -0.3 is 26.4 Å². The fourth-order valence-corrected chi connectivity index (χ4v) is 3.87. The van der Waals surface area contributed by atoms with Crippen LogP contribution in [0.1, 0.15) is 59.3 Å². The maximum absolute atomic E-state index is 5.57. The van der Waals surface area contributed by atoms with Crippen molar-refractivity contribution in [2.24, 2.45) is 5.73 Å². The van der Waals surface area contributed by atoms with Gasteiger partial charge in [0.2, 0.25) is 0 Å². The average molecular weight is 466 g/mol. The second-order valence-corrected chi connectivity index (χ2v) is 8.72. The summed E-state index contributed by atoms with van der Waals surface area (Å²) < 4.78 is 5.45. The number of nitrogens with one attached hydrogen (secondary N) is 3. The molecule has 0 saturated carbocycles. The van der Waals surface area contributed by atoms with Crippen LogP contribution in [0.15, 0.2) is 30.5 Å². The normalized spacial score (nSPS) is 13.9. The highest BCUT2D eigenvalue weighted by Gasteiger charge is 2.09. The lowest BCUT2D eigenvalue weighted by molar-refractivity contribution is 0.415. The summed E-state index contributed by atoms with van der Waals surface area (Å²) in [4.78, 5) is 4.55. The summed E-state index contributed by atoms with van der Waals surface area (Å²) in [5.74, 6) is 0.856. The minimum atomic E-state index is 0. The molecule has 32 heavy (non-hydrogen) atoms. The van der Waals surface area contributed by atoms with E-state index in [0.717, 1.165) is 67.7 Å². The third-order valence-corrected chi connectivity index (χ3v) is 5.77. The van der Waals surface area contributed by atoms with E-state index in [1.165, 1.54) is 12.8 Å². The Kier molecular flexibility index (Phi) is 14.3. The zero-order valence-electron chi connectivity index (χ0n) is 20.3. The van der Waals surface area contributed by atoms with Gasteiger partial charge >= 0.3 is 0 Å². The molecule has 0 fully saturated rings. The number of rotatable bonds is 16. The molecule has 2 rings (SSSR count). The first kappa shape index (κ1) is 28.4. The van der Waals surface area contributed by atoms with Crippen molar-refractivity contribution in [3.63, 3.8) is 0 Å². The maximum atomic E-state index is 5.57. The molecule has 0 aliphatic rings. The van der Waals surface area contributed by atoms with Gasteiger partial charge in [-0.1, -0.05) is 6.07 Å². The fraction of sp³-hybridized carbons (Fsp3) is 0.640. The van der Waals surface area contributed by atoms with Gasteiger partial charge in [-0.25, -0.2) is 0 Å². The van der Waals surface area contributed by atoms with Crippen LogP contribution >= 0.6 is 12.4 Å². The van der Waals surface area contributed by atoms with Crippen LogP contribution in [0.4, 0.5) is 5.69 Å². The summed E-state index contributed by atoms with van der Waals surface area (Å²) in [5.41, 5.74) is 7.60. The molecule has 1 heterocycles.